The summed E-state index contributed by atoms with van der Waals surface area (Å²) in [4.78, 5) is 11.3. The molecule has 0 spiro atoms. The van der Waals surface area contributed by atoms with Crippen molar-refractivity contribution in [3.63, 3.8) is 0 Å². The third-order valence-electron chi connectivity index (χ3n) is 3.49. The zero-order valence-corrected chi connectivity index (χ0v) is 11.9. The molecule has 0 unspecified atom stereocenters. The van der Waals surface area contributed by atoms with E-state index in [1.807, 2.05) is 6.92 Å². The molecule has 2 nitrogen and oxygen atoms in total. The number of fused-ring (bicyclic) bond motifs is 3. The Morgan fingerprint density at radius 3 is 2.82 bits per heavy atom. The number of hydrogen-bond donors (Lipinski definition) is 0. The lowest BCUT2D eigenvalue weighted by molar-refractivity contribution is 0.320. The third kappa shape index (κ3) is 1.85. The zero-order chi connectivity index (χ0) is 12.2. The van der Waals surface area contributed by atoms with Crippen LogP contribution in [0.5, 0.6) is 0 Å². The van der Waals surface area contributed by atoms with Gasteiger partial charge in [-0.05, 0) is 37.2 Å². The normalized spacial score (nSPS) is 18.4. The molecule has 0 amide bonds. The van der Waals surface area contributed by atoms with Crippen molar-refractivity contribution in [2.75, 3.05) is 0 Å². The fourth-order valence-electron chi connectivity index (χ4n) is 2.55. The molecule has 2 heterocycles. The largest absolute Gasteiger partial charge is 0.222 e. The Kier molecular flexibility index (Phi) is 2.46. The minimum Gasteiger partial charge on any atom is -0.222 e. The highest BCUT2D eigenvalue weighted by Gasteiger charge is 2.29. The van der Waals surface area contributed by atoms with Crippen LogP contribution in [0.2, 0.25) is 5.15 Å². The molecule has 0 atom stereocenters. The maximum Gasteiger partial charge on any atom is 0.141 e. The van der Waals surface area contributed by atoms with Crippen LogP contribution in [0.15, 0.2) is 0 Å². The van der Waals surface area contributed by atoms with E-state index < -0.39 is 0 Å². The van der Waals surface area contributed by atoms with Crippen LogP contribution in [0.1, 0.15) is 36.5 Å². The quantitative estimate of drug-likeness (QED) is 0.669. The van der Waals surface area contributed by atoms with Gasteiger partial charge >= 0.3 is 0 Å². The van der Waals surface area contributed by atoms with Gasteiger partial charge in [-0.3, -0.25) is 0 Å². The monoisotopic (exact) mass is 266 g/mol. The first-order valence-electron chi connectivity index (χ1n) is 5.91. The van der Waals surface area contributed by atoms with Crippen molar-refractivity contribution in [3.05, 3.63) is 21.4 Å². The zero-order valence-electron chi connectivity index (χ0n) is 10.3. The Balaban J connectivity index is 2.26. The first kappa shape index (κ1) is 11.4. The van der Waals surface area contributed by atoms with E-state index in [1.54, 1.807) is 11.3 Å². The average molecular weight is 267 g/mol. The molecule has 2 aromatic rings. The van der Waals surface area contributed by atoms with Crippen LogP contribution < -0.4 is 0 Å². The van der Waals surface area contributed by atoms with Crippen molar-refractivity contribution < 1.29 is 0 Å². The van der Waals surface area contributed by atoms with Crippen LogP contribution in [0.4, 0.5) is 0 Å². The lowest BCUT2D eigenvalue weighted by atomic mass is 9.77. The Bertz CT molecular complexity index is 601. The van der Waals surface area contributed by atoms with Gasteiger partial charge in [0.05, 0.1) is 5.39 Å². The molecular weight excluding hydrogens is 252 g/mol. The molecule has 0 N–H and O–H groups in total. The Labute approximate surface area is 110 Å². The van der Waals surface area contributed by atoms with E-state index >= 15 is 0 Å². The predicted octanol–water partition coefficient (Wildman–Crippen LogP) is 4.17. The average Bonchev–Trinajstić information content (AvgIpc) is 2.52. The summed E-state index contributed by atoms with van der Waals surface area (Å²) in [7, 11) is 0. The standard InChI is InChI=1S/C13H15ClN2S/c1-7-15-11(14)10-8-4-5-13(2,3)6-9(8)17-12(10)16-7/h4-6H2,1-3H3. The molecule has 1 aliphatic carbocycles. The smallest absolute Gasteiger partial charge is 0.141 e. The van der Waals surface area contributed by atoms with Crippen LogP contribution in [-0.4, -0.2) is 9.97 Å². The first-order chi connectivity index (χ1) is 7.96. The molecule has 0 bridgehead atoms. The molecule has 0 aromatic carbocycles. The SMILES string of the molecule is Cc1nc(Cl)c2c3c(sc2n1)CC(C)(C)CC3. The molecule has 3 rings (SSSR count). The maximum absolute atomic E-state index is 6.27. The van der Waals surface area contributed by atoms with Crippen LogP contribution in [0.3, 0.4) is 0 Å². The summed E-state index contributed by atoms with van der Waals surface area (Å²) < 4.78 is 0. The highest BCUT2D eigenvalue weighted by Crippen LogP contribution is 2.43. The number of thiophene rings is 1. The third-order valence-corrected chi connectivity index (χ3v) is 4.89. The number of hydrogen-bond acceptors (Lipinski definition) is 3. The Morgan fingerprint density at radius 1 is 1.29 bits per heavy atom. The van der Waals surface area contributed by atoms with Crippen molar-refractivity contribution in [2.24, 2.45) is 5.41 Å². The van der Waals surface area contributed by atoms with E-state index in [-0.39, 0.29) is 0 Å². The number of aromatic nitrogens is 2. The lowest BCUT2D eigenvalue weighted by Crippen LogP contribution is -2.20. The molecule has 2 aromatic heterocycles. The number of aryl methyl sites for hydroxylation is 2. The van der Waals surface area contributed by atoms with Gasteiger partial charge < -0.3 is 0 Å². The van der Waals surface area contributed by atoms with E-state index in [9.17, 15) is 0 Å². The van der Waals surface area contributed by atoms with Crippen molar-refractivity contribution in [1.82, 2.24) is 9.97 Å². The minimum atomic E-state index is 0.406. The van der Waals surface area contributed by atoms with Crippen LogP contribution >= 0.6 is 22.9 Å². The van der Waals surface area contributed by atoms with Gasteiger partial charge in [0.1, 0.15) is 15.8 Å². The van der Waals surface area contributed by atoms with Crippen LogP contribution in [0.25, 0.3) is 10.2 Å². The van der Waals surface area contributed by atoms with Gasteiger partial charge in [-0.2, -0.15) is 0 Å². The van der Waals surface area contributed by atoms with Crippen LogP contribution in [-0.2, 0) is 12.8 Å². The van der Waals surface area contributed by atoms with Gasteiger partial charge in [-0.15, -0.1) is 11.3 Å². The molecule has 0 saturated carbocycles. The molecule has 1 aliphatic rings. The van der Waals surface area contributed by atoms with Gasteiger partial charge in [0, 0.05) is 4.88 Å². The van der Waals surface area contributed by atoms with E-state index in [0.29, 0.717) is 10.6 Å². The molecule has 90 valence electrons. The van der Waals surface area contributed by atoms with Gasteiger partial charge in [0.15, 0.2) is 0 Å². The second-order valence-electron chi connectivity index (χ2n) is 5.59. The number of nitrogens with zero attached hydrogens (tertiary/aromatic N) is 2. The van der Waals surface area contributed by atoms with Crippen molar-refractivity contribution >= 4 is 33.2 Å². The highest BCUT2D eigenvalue weighted by atomic mass is 35.5. The Hall–Kier alpha value is -0.670. The minimum absolute atomic E-state index is 0.406. The number of rotatable bonds is 0. The Morgan fingerprint density at radius 2 is 2.06 bits per heavy atom. The second-order valence-corrected chi connectivity index (χ2v) is 7.03. The summed E-state index contributed by atoms with van der Waals surface area (Å²) in [5, 5.41) is 1.73. The summed E-state index contributed by atoms with van der Waals surface area (Å²) in [5.74, 6) is 0.764. The summed E-state index contributed by atoms with van der Waals surface area (Å²) >= 11 is 8.06. The van der Waals surface area contributed by atoms with E-state index in [4.69, 9.17) is 11.6 Å². The number of halogens is 1. The van der Waals surface area contributed by atoms with Crippen molar-refractivity contribution in [3.8, 4) is 0 Å². The molecule has 4 heteroatoms. The molecule has 0 radical (unpaired) electrons. The second kappa shape index (κ2) is 3.66. The van der Waals surface area contributed by atoms with Crippen LogP contribution in [0, 0.1) is 12.3 Å². The maximum atomic E-state index is 6.27. The topological polar surface area (TPSA) is 25.8 Å². The highest BCUT2D eigenvalue weighted by molar-refractivity contribution is 7.19. The fourth-order valence-corrected chi connectivity index (χ4v) is 4.46. The summed E-state index contributed by atoms with van der Waals surface area (Å²) in [6, 6.07) is 0. The van der Waals surface area contributed by atoms with Gasteiger partial charge in [-0.1, -0.05) is 25.4 Å². The van der Waals surface area contributed by atoms with Gasteiger partial charge in [-0.25, -0.2) is 9.97 Å². The van der Waals surface area contributed by atoms with E-state index in [1.165, 1.54) is 16.9 Å². The molecule has 0 fully saturated rings. The van der Waals surface area contributed by atoms with Crippen molar-refractivity contribution in [2.45, 2.75) is 40.0 Å². The summed E-state index contributed by atoms with van der Waals surface area (Å²) in [6.45, 7) is 6.56. The van der Waals surface area contributed by atoms with Gasteiger partial charge in [0.2, 0.25) is 0 Å². The first-order valence-corrected chi connectivity index (χ1v) is 7.10. The molecule has 17 heavy (non-hydrogen) atoms. The summed E-state index contributed by atoms with van der Waals surface area (Å²) in [5.41, 5.74) is 1.80. The van der Waals surface area contributed by atoms with Crippen molar-refractivity contribution in [1.29, 1.82) is 0 Å². The molecular formula is C13H15ClN2S. The summed E-state index contributed by atoms with van der Waals surface area (Å²) in [6.07, 6.45) is 3.46. The van der Waals surface area contributed by atoms with E-state index in [2.05, 4.69) is 23.8 Å². The molecule has 0 aliphatic heterocycles. The van der Waals surface area contributed by atoms with E-state index in [0.717, 1.165) is 28.9 Å². The fraction of sp³-hybridized carbons (Fsp3) is 0.538. The van der Waals surface area contributed by atoms with Gasteiger partial charge in [0.25, 0.3) is 0 Å². The lowest BCUT2D eigenvalue weighted by Gasteiger charge is -2.29. The molecule has 0 saturated heterocycles. The predicted molar refractivity (Wildman–Crippen MR) is 73.0 cm³/mol.